The van der Waals surface area contributed by atoms with Crippen LogP contribution in [0, 0.1) is 0 Å². The maximum absolute atomic E-state index is 10.6. The maximum atomic E-state index is 10.6. The number of hydrogen-bond donors (Lipinski definition) is 1. The molecule has 0 amide bonds. The lowest BCUT2D eigenvalue weighted by Gasteiger charge is -2.32. The van der Waals surface area contributed by atoms with Crippen LogP contribution in [0.15, 0.2) is 18.2 Å². The summed E-state index contributed by atoms with van der Waals surface area (Å²) in [4.78, 5) is 0. The molecule has 3 nitrogen and oxygen atoms in total. The first kappa shape index (κ1) is 15.7. The predicted molar refractivity (Wildman–Crippen MR) is 91.9 cm³/mol. The first-order chi connectivity index (χ1) is 10.5. The molecule has 23 heavy (non-hydrogen) atoms. The van der Waals surface area contributed by atoms with E-state index in [0.29, 0.717) is 0 Å². The van der Waals surface area contributed by atoms with Crippen molar-refractivity contribution < 1.29 is 14.4 Å². The van der Waals surface area contributed by atoms with E-state index >= 15 is 0 Å². The van der Waals surface area contributed by atoms with E-state index < -0.39 is 5.60 Å². The highest BCUT2D eigenvalue weighted by atomic mass is 16.7. The minimum atomic E-state index is -0.625. The Morgan fingerprint density at radius 2 is 1.35 bits per heavy atom. The third-order valence-electron chi connectivity index (χ3n) is 6.44. The molecule has 3 aliphatic rings. The van der Waals surface area contributed by atoms with Crippen molar-refractivity contribution in [3.8, 4) is 0 Å². The van der Waals surface area contributed by atoms with E-state index in [1.807, 2.05) is 0 Å². The van der Waals surface area contributed by atoms with Gasteiger partial charge in [0, 0.05) is 0 Å². The Balaban J connectivity index is 1.74. The summed E-state index contributed by atoms with van der Waals surface area (Å²) in [7, 11) is -0.358. The zero-order valence-electron chi connectivity index (χ0n) is 14.9. The Bertz CT molecular complexity index is 604. The van der Waals surface area contributed by atoms with Crippen LogP contribution in [0.4, 0.5) is 0 Å². The number of hydrogen-bond acceptors (Lipinski definition) is 3. The second-order valence-corrected chi connectivity index (χ2v) is 9.02. The van der Waals surface area contributed by atoms with E-state index in [9.17, 15) is 5.11 Å². The molecule has 0 bridgehead atoms. The molecule has 1 saturated heterocycles. The van der Waals surface area contributed by atoms with E-state index in [0.717, 1.165) is 23.9 Å². The summed E-state index contributed by atoms with van der Waals surface area (Å²) in [6.07, 6.45) is 4.15. The van der Waals surface area contributed by atoms with Crippen LogP contribution in [0.2, 0.25) is 0 Å². The number of benzene rings is 1. The Kier molecular flexibility index (Phi) is 3.01. The van der Waals surface area contributed by atoms with Crippen LogP contribution >= 0.6 is 0 Å². The summed E-state index contributed by atoms with van der Waals surface area (Å²) in [6, 6.07) is 6.52. The van der Waals surface area contributed by atoms with Gasteiger partial charge < -0.3 is 14.4 Å². The third-order valence-corrected chi connectivity index (χ3v) is 6.44. The summed E-state index contributed by atoms with van der Waals surface area (Å²) >= 11 is 0. The topological polar surface area (TPSA) is 38.7 Å². The number of aliphatic hydroxyl groups is 1. The Morgan fingerprint density at radius 3 is 1.83 bits per heavy atom. The molecular formula is C19H27BO3. The van der Waals surface area contributed by atoms with Gasteiger partial charge in [-0.1, -0.05) is 25.1 Å². The van der Waals surface area contributed by atoms with Crippen LogP contribution in [-0.2, 0) is 20.3 Å². The molecule has 4 rings (SSSR count). The van der Waals surface area contributed by atoms with Crippen LogP contribution in [-0.4, -0.2) is 23.4 Å². The van der Waals surface area contributed by atoms with E-state index in [-0.39, 0.29) is 23.7 Å². The van der Waals surface area contributed by atoms with Gasteiger partial charge in [-0.25, -0.2) is 0 Å². The average Bonchev–Trinajstić information content (AvgIpc) is 3.36. The summed E-state index contributed by atoms with van der Waals surface area (Å²) in [5, 5.41) is 10.6. The van der Waals surface area contributed by atoms with Gasteiger partial charge in [0.05, 0.1) is 16.8 Å². The van der Waals surface area contributed by atoms with E-state index in [4.69, 9.17) is 9.31 Å². The molecule has 1 aromatic carbocycles. The molecule has 1 aromatic rings. The molecule has 1 aliphatic heterocycles. The molecule has 0 atom stereocenters. The van der Waals surface area contributed by atoms with Gasteiger partial charge in [0.1, 0.15) is 0 Å². The molecule has 2 saturated carbocycles. The second kappa shape index (κ2) is 4.41. The van der Waals surface area contributed by atoms with Crippen LogP contribution in [0.25, 0.3) is 0 Å². The molecule has 0 spiro atoms. The van der Waals surface area contributed by atoms with Crippen LogP contribution < -0.4 is 5.46 Å². The molecule has 1 N–H and O–H groups in total. The molecule has 124 valence electrons. The van der Waals surface area contributed by atoms with Crippen molar-refractivity contribution in [3.63, 3.8) is 0 Å². The van der Waals surface area contributed by atoms with Crippen LogP contribution in [0.5, 0.6) is 0 Å². The standard InChI is InChI=1S/C19H27BO3/c1-16(2)17(3,4)23-20(22-16)15-11-13(18(5)6-7-18)10-14(12-15)19(21)8-9-19/h10-12,21H,6-9H2,1-5H3. The Morgan fingerprint density at radius 1 is 0.826 bits per heavy atom. The third kappa shape index (κ3) is 2.46. The zero-order valence-corrected chi connectivity index (χ0v) is 14.9. The van der Waals surface area contributed by atoms with Crippen molar-refractivity contribution in [2.24, 2.45) is 0 Å². The van der Waals surface area contributed by atoms with Gasteiger partial charge >= 0.3 is 7.12 Å². The van der Waals surface area contributed by atoms with Gasteiger partial charge in [0.15, 0.2) is 0 Å². The second-order valence-electron chi connectivity index (χ2n) is 9.02. The average molecular weight is 314 g/mol. The summed E-state index contributed by atoms with van der Waals surface area (Å²) in [6.45, 7) is 10.6. The molecule has 3 fully saturated rings. The lowest BCUT2D eigenvalue weighted by atomic mass is 9.75. The zero-order chi connectivity index (χ0) is 16.7. The van der Waals surface area contributed by atoms with E-state index in [1.165, 1.54) is 18.4 Å². The number of rotatable bonds is 3. The van der Waals surface area contributed by atoms with Crippen LogP contribution in [0.3, 0.4) is 0 Å². The van der Waals surface area contributed by atoms with Gasteiger partial charge in [-0.05, 0) is 75.4 Å². The SMILES string of the molecule is CC1(c2cc(B3OC(C)(C)C(C)(C)O3)cc(C3(O)CC3)c2)CC1. The van der Waals surface area contributed by atoms with Crippen molar-refractivity contribution in [3.05, 3.63) is 29.3 Å². The first-order valence-electron chi connectivity index (χ1n) is 8.79. The minimum absolute atomic E-state index is 0.264. The van der Waals surface area contributed by atoms with Gasteiger partial charge in [-0.15, -0.1) is 0 Å². The van der Waals surface area contributed by atoms with Gasteiger partial charge in [0.2, 0.25) is 0 Å². The van der Waals surface area contributed by atoms with Crippen molar-refractivity contribution >= 4 is 12.6 Å². The normalized spacial score (nSPS) is 28.7. The lowest BCUT2D eigenvalue weighted by Crippen LogP contribution is -2.41. The largest absolute Gasteiger partial charge is 0.494 e. The fourth-order valence-corrected chi connectivity index (χ4v) is 3.27. The van der Waals surface area contributed by atoms with Crippen molar-refractivity contribution in [1.29, 1.82) is 0 Å². The Hall–Kier alpha value is -0.835. The highest BCUT2D eigenvalue weighted by Gasteiger charge is 2.53. The highest BCUT2D eigenvalue weighted by Crippen LogP contribution is 2.50. The van der Waals surface area contributed by atoms with Gasteiger partial charge in [-0.2, -0.15) is 0 Å². The van der Waals surface area contributed by atoms with Gasteiger partial charge in [0.25, 0.3) is 0 Å². The lowest BCUT2D eigenvalue weighted by molar-refractivity contribution is 0.00578. The van der Waals surface area contributed by atoms with Crippen molar-refractivity contribution in [1.82, 2.24) is 0 Å². The monoisotopic (exact) mass is 314 g/mol. The molecule has 0 unspecified atom stereocenters. The molecule has 0 radical (unpaired) electrons. The molecular weight excluding hydrogens is 287 g/mol. The fraction of sp³-hybridized carbons (Fsp3) is 0.684. The summed E-state index contributed by atoms with van der Waals surface area (Å²) in [5.41, 5.74) is 2.36. The predicted octanol–water partition coefficient (Wildman–Crippen LogP) is 3.02. The first-order valence-corrected chi connectivity index (χ1v) is 8.79. The quantitative estimate of drug-likeness (QED) is 0.872. The maximum Gasteiger partial charge on any atom is 0.494 e. The van der Waals surface area contributed by atoms with E-state index in [2.05, 4.69) is 52.8 Å². The molecule has 4 heteroatoms. The molecule has 1 heterocycles. The summed E-state index contributed by atoms with van der Waals surface area (Å²) < 4.78 is 12.4. The smallest absolute Gasteiger partial charge is 0.399 e. The fourth-order valence-electron chi connectivity index (χ4n) is 3.27. The molecule has 2 aliphatic carbocycles. The minimum Gasteiger partial charge on any atom is -0.399 e. The highest BCUT2D eigenvalue weighted by molar-refractivity contribution is 6.62. The van der Waals surface area contributed by atoms with Crippen molar-refractivity contribution in [2.45, 2.75) is 82.5 Å². The van der Waals surface area contributed by atoms with Crippen molar-refractivity contribution in [2.75, 3.05) is 0 Å². The van der Waals surface area contributed by atoms with E-state index in [1.54, 1.807) is 0 Å². The summed E-state index contributed by atoms with van der Waals surface area (Å²) in [5.74, 6) is 0. The van der Waals surface area contributed by atoms with Crippen LogP contribution in [0.1, 0.15) is 71.4 Å². The van der Waals surface area contributed by atoms with Gasteiger partial charge in [-0.3, -0.25) is 0 Å². The Labute approximate surface area is 139 Å². The molecule has 0 aromatic heterocycles.